The van der Waals surface area contributed by atoms with Crippen LogP contribution >= 0.6 is 15.9 Å². The second kappa shape index (κ2) is 7.00. The monoisotopic (exact) mass is 334 g/mol. The molecule has 0 atom stereocenters. The van der Waals surface area contributed by atoms with Crippen molar-refractivity contribution in [2.24, 2.45) is 0 Å². The highest BCUT2D eigenvalue weighted by Crippen LogP contribution is 2.21. The number of anilines is 2. The summed E-state index contributed by atoms with van der Waals surface area (Å²) in [5.74, 6) is 0.200. The minimum atomic E-state index is -0.265. The third-order valence-corrected chi connectivity index (χ3v) is 3.23. The van der Waals surface area contributed by atoms with Crippen molar-refractivity contribution in [3.05, 3.63) is 46.7 Å². The average Bonchev–Trinajstić information content (AvgIpc) is 2.48. The van der Waals surface area contributed by atoms with E-state index in [1.807, 2.05) is 24.3 Å². The molecule has 0 unspecified atom stereocenters. The minimum absolute atomic E-state index is 0.265. The number of carbonyl (C=O) groups excluding carboxylic acids is 1. The molecule has 2 N–H and O–H groups in total. The average molecular weight is 335 g/mol. The van der Waals surface area contributed by atoms with Crippen molar-refractivity contribution in [3.8, 4) is 0 Å². The summed E-state index contributed by atoms with van der Waals surface area (Å²) in [6.45, 7) is 2.83. The molecule has 1 aromatic carbocycles. The Bertz CT molecular complexity index is 603. The predicted octanol–water partition coefficient (Wildman–Crippen LogP) is 3.31. The molecule has 1 amide bonds. The van der Waals surface area contributed by atoms with Crippen molar-refractivity contribution < 1.29 is 4.79 Å². The van der Waals surface area contributed by atoms with Gasteiger partial charge in [-0.15, -0.1) is 0 Å². The number of hydrogen-bond acceptors (Lipinski definition) is 4. The van der Waals surface area contributed by atoms with Crippen molar-refractivity contribution in [2.75, 3.05) is 17.2 Å². The highest BCUT2D eigenvalue weighted by molar-refractivity contribution is 9.10. The highest BCUT2D eigenvalue weighted by Gasteiger charge is 2.10. The molecule has 5 nitrogen and oxygen atoms in total. The summed E-state index contributed by atoms with van der Waals surface area (Å²) in [6, 6.07) is 9.01. The first kappa shape index (κ1) is 14.5. The molecule has 0 fully saturated rings. The van der Waals surface area contributed by atoms with Gasteiger partial charge in [-0.2, -0.15) is 0 Å². The molecule has 0 spiro atoms. The highest BCUT2D eigenvalue weighted by atomic mass is 79.9. The zero-order valence-electron chi connectivity index (χ0n) is 11.1. The Morgan fingerprint density at radius 3 is 2.85 bits per heavy atom. The van der Waals surface area contributed by atoms with Gasteiger partial charge in [-0.1, -0.05) is 19.1 Å². The van der Waals surface area contributed by atoms with Crippen LogP contribution in [0, 0.1) is 0 Å². The van der Waals surface area contributed by atoms with Gasteiger partial charge in [-0.25, -0.2) is 9.97 Å². The standard InChI is InChI=1S/C14H15BrN4O/c1-2-8-16-14-17-9-7-12(19-14)13(20)18-11-6-4-3-5-10(11)15/h3-7,9H,2,8H2,1H3,(H,18,20)(H,16,17,19). The molecule has 6 heteroatoms. The van der Waals surface area contributed by atoms with Crippen LogP contribution in [0.3, 0.4) is 0 Å². The van der Waals surface area contributed by atoms with Crippen LogP contribution in [-0.4, -0.2) is 22.4 Å². The molecular weight excluding hydrogens is 320 g/mol. The van der Waals surface area contributed by atoms with Crippen LogP contribution in [0.25, 0.3) is 0 Å². The van der Waals surface area contributed by atoms with Crippen molar-refractivity contribution in [1.29, 1.82) is 0 Å². The molecule has 0 saturated heterocycles. The van der Waals surface area contributed by atoms with Crippen LogP contribution in [-0.2, 0) is 0 Å². The van der Waals surface area contributed by atoms with Gasteiger partial charge in [0.15, 0.2) is 0 Å². The summed E-state index contributed by atoms with van der Waals surface area (Å²) >= 11 is 3.39. The van der Waals surface area contributed by atoms with Crippen LogP contribution in [0.15, 0.2) is 41.0 Å². The van der Waals surface area contributed by atoms with Gasteiger partial charge in [-0.3, -0.25) is 4.79 Å². The fraction of sp³-hybridized carbons (Fsp3) is 0.214. The second-order valence-corrected chi connectivity index (χ2v) is 4.98. The molecule has 20 heavy (non-hydrogen) atoms. The van der Waals surface area contributed by atoms with E-state index in [0.29, 0.717) is 17.3 Å². The Balaban J connectivity index is 2.11. The number of nitrogens with one attached hydrogen (secondary N) is 2. The number of amides is 1. The van der Waals surface area contributed by atoms with Gasteiger partial charge in [0, 0.05) is 17.2 Å². The van der Waals surface area contributed by atoms with Crippen LogP contribution in [0.2, 0.25) is 0 Å². The molecule has 0 saturated carbocycles. The Morgan fingerprint density at radius 1 is 1.30 bits per heavy atom. The van der Waals surface area contributed by atoms with Gasteiger partial charge < -0.3 is 10.6 Å². The van der Waals surface area contributed by atoms with E-state index in [9.17, 15) is 4.79 Å². The molecule has 0 aliphatic carbocycles. The molecule has 2 rings (SSSR count). The largest absolute Gasteiger partial charge is 0.354 e. The first-order chi connectivity index (χ1) is 9.70. The van der Waals surface area contributed by atoms with Crippen LogP contribution in [0.1, 0.15) is 23.8 Å². The fourth-order valence-corrected chi connectivity index (χ4v) is 1.94. The van der Waals surface area contributed by atoms with Crippen molar-refractivity contribution in [2.45, 2.75) is 13.3 Å². The zero-order valence-corrected chi connectivity index (χ0v) is 12.6. The predicted molar refractivity (Wildman–Crippen MR) is 82.9 cm³/mol. The van der Waals surface area contributed by atoms with E-state index in [2.05, 4.69) is 43.5 Å². The summed E-state index contributed by atoms with van der Waals surface area (Å²) in [4.78, 5) is 20.4. The summed E-state index contributed by atoms with van der Waals surface area (Å²) in [5.41, 5.74) is 1.04. The molecule has 1 heterocycles. The number of aromatic nitrogens is 2. The maximum absolute atomic E-state index is 12.1. The molecule has 0 radical (unpaired) electrons. The SMILES string of the molecule is CCCNc1nccc(C(=O)Nc2ccccc2Br)n1. The van der Waals surface area contributed by atoms with Crippen LogP contribution < -0.4 is 10.6 Å². The lowest BCUT2D eigenvalue weighted by Gasteiger charge is -2.08. The molecular formula is C14H15BrN4O. The van der Waals surface area contributed by atoms with Gasteiger partial charge in [0.05, 0.1) is 5.69 Å². The number of halogens is 1. The molecule has 0 aliphatic heterocycles. The van der Waals surface area contributed by atoms with Crippen molar-refractivity contribution in [1.82, 2.24) is 9.97 Å². The minimum Gasteiger partial charge on any atom is -0.354 e. The number of benzene rings is 1. The van der Waals surface area contributed by atoms with E-state index in [0.717, 1.165) is 17.4 Å². The summed E-state index contributed by atoms with van der Waals surface area (Å²) in [5, 5.41) is 5.86. The maximum Gasteiger partial charge on any atom is 0.274 e. The lowest BCUT2D eigenvalue weighted by molar-refractivity contribution is 0.102. The Hall–Kier alpha value is -1.95. The van der Waals surface area contributed by atoms with E-state index >= 15 is 0 Å². The fourth-order valence-electron chi connectivity index (χ4n) is 1.56. The Morgan fingerprint density at radius 2 is 2.10 bits per heavy atom. The van der Waals surface area contributed by atoms with E-state index in [-0.39, 0.29) is 5.91 Å². The Kier molecular flexibility index (Phi) is 5.06. The van der Waals surface area contributed by atoms with E-state index < -0.39 is 0 Å². The lowest BCUT2D eigenvalue weighted by atomic mass is 10.3. The first-order valence-corrected chi connectivity index (χ1v) is 7.13. The second-order valence-electron chi connectivity index (χ2n) is 4.13. The van der Waals surface area contributed by atoms with Crippen molar-refractivity contribution >= 4 is 33.5 Å². The number of carbonyl (C=O) groups is 1. The van der Waals surface area contributed by atoms with Crippen LogP contribution in [0.5, 0.6) is 0 Å². The van der Waals surface area contributed by atoms with Crippen LogP contribution in [0.4, 0.5) is 11.6 Å². The number of hydrogen-bond donors (Lipinski definition) is 2. The third-order valence-electron chi connectivity index (χ3n) is 2.54. The van der Waals surface area contributed by atoms with E-state index in [1.54, 1.807) is 12.3 Å². The van der Waals surface area contributed by atoms with Crippen molar-refractivity contribution in [3.63, 3.8) is 0 Å². The molecule has 0 aliphatic rings. The van der Waals surface area contributed by atoms with E-state index in [4.69, 9.17) is 0 Å². The summed E-state index contributed by atoms with van der Waals surface area (Å²) in [7, 11) is 0. The summed E-state index contributed by atoms with van der Waals surface area (Å²) < 4.78 is 0.826. The van der Waals surface area contributed by atoms with Gasteiger partial charge in [0.25, 0.3) is 5.91 Å². The number of para-hydroxylation sites is 1. The molecule has 1 aromatic heterocycles. The number of nitrogens with zero attached hydrogens (tertiary/aromatic N) is 2. The molecule has 0 bridgehead atoms. The molecule has 2 aromatic rings. The van der Waals surface area contributed by atoms with Gasteiger partial charge in [0.1, 0.15) is 5.69 Å². The summed E-state index contributed by atoms with van der Waals surface area (Å²) in [6.07, 6.45) is 2.54. The third kappa shape index (κ3) is 3.77. The smallest absolute Gasteiger partial charge is 0.274 e. The zero-order chi connectivity index (χ0) is 14.4. The van der Waals surface area contributed by atoms with E-state index in [1.165, 1.54) is 0 Å². The quantitative estimate of drug-likeness (QED) is 0.880. The van der Waals surface area contributed by atoms with Gasteiger partial charge in [0.2, 0.25) is 5.95 Å². The Labute approximate surface area is 126 Å². The first-order valence-electron chi connectivity index (χ1n) is 6.33. The molecule has 104 valence electrons. The normalized spacial score (nSPS) is 10.1. The number of rotatable bonds is 5. The van der Waals surface area contributed by atoms with Gasteiger partial charge >= 0.3 is 0 Å². The van der Waals surface area contributed by atoms with Gasteiger partial charge in [-0.05, 0) is 40.5 Å². The topological polar surface area (TPSA) is 66.9 Å². The maximum atomic E-state index is 12.1. The lowest BCUT2D eigenvalue weighted by Crippen LogP contribution is -2.15.